The van der Waals surface area contributed by atoms with E-state index in [1.54, 1.807) is 25.3 Å². The van der Waals surface area contributed by atoms with Gasteiger partial charge in [0.05, 0.1) is 7.11 Å². The summed E-state index contributed by atoms with van der Waals surface area (Å²) in [5.74, 6) is 1.18. The zero-order valence-corrected chi connectivity index (χ0v) is 13.3. The van der Waals surface area contributed by atoms with Gasteiger partial charge in [0.1, 0.15) is 11.6 Å². The second-order valence-corrected chi connectivity index (χ2v) is 6.16. The first-order valence-electron chi connectivity index (χ1n) is 6.55. The number of hydrogen-bond acceptors (Lipinski definition) is 3. The molecule has 0 saturated heterocycles. The van der Waals surface area contributed by atoms with Crippen LogP contribution in [0.1, 0.15) is 5.56 Å². The highest BCUT2D eigenvalue weighted by Gasteiger charge is 2.11. The van der Waals surface area contributed by atoms with Gasteiger partial charge in [0.15, 0.2) is 0 Å². The van der Waals surface area contributed by atoms with Gasteiger partial charge in [-0.1, -0.05) is 23.7 Å². The number of rotatable bonds is 6. The number of benzene rings is 2. The first kappa shape index (κ1) is 16.1. The van der Waals surface area contributed by atoms with Gasteiger partial charge in [-0.3, -0.25) is 0 Å². The van der Waals surface area contributed by atoms with E-state index in [0.29, 0.717) is 22.1 Å². The van der Waals surface area contributed by atoms with Crippen LogP contribution in [0.5, 0.6) is 5.75 Å². The van der Waals surface area contributed by atoms with Gasteiger partial charge in [-0.15, -0.1) is 11.8 Å². The Kier molecular flexibility index (Phi) is 5.91. The molecule has 2 nitrogen and oxygen atoms in total. The Morgan fingerprint density at radius 3 is 2.76 bits per heavy atom. The second-order valence-electron chi connectivity index (χ2n) is 4.66. The summed E-state index contributed by atoms with van der Waals surface area (Å²) in [6.07, 6.45) is 0.630. The maximum absolute atomic E-state index is 13.5. The first-order chi connectivity index (χ1) is 10.1. The summed E-state index contributed by atoms with van der Waals surface area (Å²) in [5.41, 5.74) is 7.10. The highest BCUT2D eigenvalue weighted by Crippen LogP contribution is 2.26. The van der Waals surface area contributed by atoms with Crippen LogP contribution in [0.2, 0.25) is 5.02 Å². The zero-order valence-electron chi connectivity index (χ0n) is 11.7. The van der Waals surface area contributed by atoms with E-state index in [-0.39, 0.29) is 11.9 Å². The van der Waals surface area contributed by atoms with Crippen molar-refractivity contribution < 1.29 is 9.13 Å². The van der Waals surface area contributed by atoms with E-state index in [2.05, 4.69) is 0 Å². The van der Waals surface area contributed by atoms with Gasteiger partial charge in [-0.25, -0.2) is 4.39 Å². The molecule has 0 aromatic heterocycles. The standard InChI is InChI=1S/C16H17ClFNOS/c1-20-15-7-6-12(17)8-11(15)9-13(19)10-21-16-5-3-2-4-14(16)18/h2-8,13H,9-10,19H2,1H3. The van der Waals surface area contributed by atoms with Crippen LogP contribution in [0.15, 0.2) is 47.4 Å². The maximum atomic E-state index is 13.5. The third-order valence-corrected chi connectivity index (χ3v) is 4.49. The molecule has 0 spiro atoms. The Labute approximate surface area is 133 Å². The largest absolute Gasteiger partial charge is 0.496 e. The van der Waals surface area contributed by atoms with Crippen LogP contribution < -0.4 is 10.5 Å². The van der Waals surface area contributed by atoms with E-state index in [1.165, 1.54) is 17.8 Å². The summed E-state index contributed by atoms with van der Waals surface area (Å²) in [6.45, 7) is 0. The van der Waals surface area contributed by atoms with Gasteiger partial charge in [-0.05, 0) is 42.3 Å². The van der Waals surface area contributed by atoms with Crippen molar-refractivity contribution in [3.05, 3.63) is 58.9 Å². The Balaban J connectivity index is 1.97. The number of halogens is 2. The van der Waals surface area contributed by atoms with Gasteiger partial charge >= 0.3 is 0 Å². The van der Waals surface area contributed by atoms with Gasteiger partial charge in [0, 0.05) is 21.7 Å². The molecule has 0 bridgehead atoms. The molecule has 2 rings (SSSR count). The quantitative estimate of drug-likeness (QED) is 0.810. The Hall–Kier alpha value is -1.23. The van der Waals surface area contributed by atoms with Crippen molar-refractivity contribution in [1.82, 2.24) is 0 Å². The molecular formula is C16H17ClFNOS. The van der Waals surface area contributed by atoms with Crippen LogP contribution in [0.25, 0.3) is 0 Å². The molecule has 2 aromatic carbocycles. The second kappa shape index (κ2) is 7.69. The average molecular weight is 326 g/mol. The van der Waals surface area contributed by atoms with Crippen molar-refractivity contribution in [1.29, 1.82) is 0 Å². The summed E-state index contributed by atoms with van der Waals surface area (Å²) >= 11 is 7.42. The lowest BCUT2D eigenvalue weighted by atomic mass is 10.1. The molecule has 1 unspecified atom stereocenters. The Morgan fingerprint density at radius 2 is 2.05 bits per heavy atom. The van der Waals surface area contributed by atoms with Crippen LogP contribution in [-0.4, -0.2) is 18.9 Å². The number of ether oxygens (including phenoxy) is 1. The molecule has 0 aliphatic carbocycles. The van der Waals surface area contributed by atoms with E-state index in [4.69, 9.17) is 22.1 Å². The maximum Gasteiger partial charge on any atom is 0.136 e. The van der Waals surface area contributed by atoms with Gasteiger partial charge < -0.3 is 10.5 Å². The lowest BCUT2D eigenvalue weighted by molar-refractivity contribution is 0.408. The summed E-state index contributed by atoms with van der Waals surface area (Å²) in [6, 6.07) is 12.1. The van der Waals surface area contributed by atoms with E-state index in [1.807, 2.05) is 18.2 Å². The van der Waals surface area contributed by atoms with Crippen LogP contribution in [0, 0.1) is 5.82 Å². The molecule has 2 N–H and O–H groups in total. The number of nitrogens with two attached hydrogens (primary N) is 1. The summed E-state index contributed by atoms with van der Waals surface area (Å²) in [4.78, 5) is 0.617. The van der Waals surface area contributed by atoms with Gasteiger partial charge in [0.2, 0.25) is 0 Å². The highest BCUT2D eigenvalue weighted by molar-refractivity contribution is 7.99. The van der Waals surface area contributed by atoms with Crippen molar-refractivity contribution in [2.45, 2.75) is 17.4 Å². The fraction of sp³-hybridized carbons (Fsp3) is 0.250. The minimum Gasteiger partial charge on any atom is -0.496 e. The smallest absolute Gasteiger partial charge is 0.136 e. The predicted molar refractivity (Wildman–Crippen MR) is 86.8 cm³/mol. The minimum atomic E-state index is -0.213. The van der Waals surface area contributed by atoms with E-state index in [9.17, 15) is 4.39 Å². The van der Waals surface area contributed by atoms with Crippen molar-refractivity contribution >= 4 is 23.4 Å². The SMILES string of the molecule is COc1ccc(Cl)cc1CC(N)CSc1ccccc1F. The van der Waals surface area contributed by atoms with E-state index < -0.39 is 0 Å². The third-order valence-electron chi connectivity index (χ3n) is 3.01. The average Bonchev–Trinajstić information content (AvgIpc) is 2.47. The van der Waals surface area contributed by atoms with Crippen LogP contribution >= 0.6 is 23.4 Å². The van der Waals surface area contributed by atoms with Crippen molar-refractivity contribution in [2.24, 2.45) is 5.73 Å². The summed E-state index contributed by atoms with van der Waals surface area (Å²) in [5, 5.41) is 0.653. The molecule has 0 aliphatic rings. The fourth-order valence-corrected chi connectivity index (χ4v) is 3.09. The number of thioether (sulfide) groups is 1. The molecule has 0 saturated carbocycles. The lowest BCUT2D eigenvalue weighted by Crippen LogP contribution is -2.25. The normalized spacial score (nSPS) is 12.2. The monoisotopic (exact) mass is 325 g/mol. The molecule has 0 aliphatic heterocycles. The summed E-state index contributed by atoms with van der Waals surface area (Å²) < 4.78 is 18.8. The topological polar surface area (TPSA) is 35.2 Å². The van der Waals surface area contributed by atoms with Crippen molar-refractivity contribution in [3.63, 3.8) is 0 Å². The number of hydrogen-bond donors (Lipinski definition) is 1. The predicted octanol–water partition coefficient (Wildman–Crippen LogP) is 4.15. The van der Waals surface area contributed by atoms with E-state index in [0.717, 1.165) is 11.3 Å². The molecule has 0 radical (unpaired) electrons. The van der Waals surface area contributed by atoms with Gasteiger partial charge in [-0.2, -0.15) is 0 Å². The molecule has 5 heteroatoms. The third kappa shape index (κ3) is 4.63. The molecular weight excluding hydrogens is 309 g/mol. The molecule has 1 atom stereocenters. The fourth-order valence-electron chi connectivity index (χ4n) is 2.01. The zero-order chi connectivity index (χ0) is 15.2. The molecule has 21 heavy (non-hydrogen) atoms. The molecule has 0 heterocycles. The van der Waals surface area contributed by atoms with Crippen LogP contribution in [0.4, 0.5) is 4.39 Å². The van der Waals surface area contributed by atoms with E-state index >= 15 is 0 Å². The summed E-state index contributed by atoms with van der Waals surface area (Å²) in [7, 11) is 1.62. The molecule has 2 aromatic rings. The molecule has 0 fully saturated rings. The van der Waals surface area contributed by atoms with Crippen molar-refractivity contribution in [2.75, 3.05) is 12.9 Å². The highest BCUT2D eigenvalue weighted by atomic mass is 35.5. The number of methoxy groups -OCH3 is 1. The van der Waals surface area contributed by atoms with Crippen LogP contribution in [0.3, 0.4) is 0 Å². The lowest BCUT2D eigenvalue weighted by Gasteiger charge is -2.14. The minimum absolute atomic E-state index is 0.109. The van der Waals surface area contributed by atoms with Crippen molar-refractivity contribution in [3.8, 4) is 5.75 Å². The Morgan fingerprint density at radius 1 is 1.29 bits per heavy atom. The van der Waals surface area contributed by atoms with Crippen LogP contribution in [-0.2, 0) is 6.42 Å². The molecule has 0 amide bonds. The molecule has 112 valence electrons. The van der Waals surface area contributed by atoms with Gasteiger partial charge in [0.25, 0.3) is 0 Å². The Bertz CT molecular complexity index is 609. The first-order valence-corrected chi connectivity index (χ1v) is 7.92.